The summed E-state index contributed by atoms with van der Waals surface area (Å²) >= 11 is 1.44. The average Bonchev–Trinajstić information content (AvgIpc) is 3.35. The summed E-state index contributed by atoms with van der Waals surface area (Å²) in [5.74, 6) is 1.48. The Kier molecular flexibility index (Phi) is 4.10. The zero-order chi connectivity index (χ0) is 17.3. The van der Waals surface area contributed by atoms with Crippen molar-refractivity contribution in [3.8, 4) is 11.5 Å². The van der Waals surface area contributed by atoms with E-state index < -0.39 is 10.0 Å². The van der Waals surface area contributed by atoms with E-state index in [-0.39, 0.29) is 6.79 Å². The molecule has 2 aromatic heterocycles. The molecule has 0 aliphatic carbocycles. The quantitative estimate of drug-likeness (QED) is 0.683. The summed E-state index contributed by atoms with van der Waals surface area (Å²) in [6.07, 6.45) is 7.53. The number of benzene rings is 1. The molecule has 0 N–H and O–H groups in total. The van der Waals surface area contributed by atoms with Crippen molar-refractivity contribution in [1.82, 2.24) is 3.97 Å². The van der Waals surface area contributed by atoms with Crippen molar-refractivity contribution in [3.05, 3.63) is 70.7 Å². The van der Waals surface area contributed by atoms with Gasteiger partial charge in [-0.05, 0) is 41.3 Å². The van der Waals surface area contributed by atoms with Crippen molar-refractivity contribution < 1.29 is 17.9 Å². The first-order valence-electron chi connectivity index (χ1n) is 7.66. The first kappa shape index (κ1) is 16.0. The summed E-state index contributed by atoms with van der Waals surface area (Å²) in [6, 6.07) is 10.8. The second-order valence-corrected chi connectivity index (χ2v) is 8.26. The highest BCUT2D eigenvalue weighted by Gasteiger charge is 2.20. The Hall–Kier alpha value is -2.51. The Morgan fingerprint density at radius 1 is 1.12 bits per heavy atom. The molecule has 1 aliphatic rings. The van der Waals surface area contributed by atoms with E-state index >= 15 is 0 Å². The first-order valence-corrected chi connectivity index (χ1v) is 9.98. The van der Waals surface area contributed by atoms with Gasteiger partial charge in [0.05, 0.1) is 0 Å². The highest BCUT2D eigenvalue weighted by atomic mass is 32.2. The highest BCUT2D eigenvalue weighted by molar-refractivity contribution is 7.90. The summed E-state index contributed by atoms with van der Waals surface area (Å²) in [4.78, 5) is 1.16. The summed E-state index contributed by atoms with van der Waals surface area (Å²) in [5.41, 5.74) is 0.982. The number of ether oxygens (including phenoxy) is 2. The maximum atomic E-state index is 12.7. The monoisotopic (exact) mass is 373 g/mol. The third-order valence-corrected chi connectivity index (χ3v) is 6.66. The Balaban J connectivity index is 1.54. The molecule has 0 spiro atoms. The molecule has 7 heteroatoms. The lowest BCUT2D eigenvalue weighted by Crippen LogP contribution is -2.11. The normalized spacial score (nSPS) is 13.6. The van der Waals surface area contributed by atoms with Crippen molar-refractivity contribution in [3.63, 3.8) is 0 Å². The topological polar surface area (TPSA) is 57.5 Å². The van der Waals surface area contributed by atoms with Gasteiger partial charge in [0.2, 0.25) is 6.79 Å². The van der Waals surface area contributed by atoms with Crippen LogP contribution in [0.25, 0.3) is 6.08 Å². The second kappa shape index (κ2) is 6.42. The number of nitrogens with zero attached hydrogens (tertiary/aromatic N) is 1. The zero-order valence-corrected chi connectivity index (χ0v) is 14.8. The smallest absolute Gasteiger partial charge is 0.268 e. The maximum Gasteiger partial charge on any atom is 0.268 e. The van der Waals surface area contributed by atoms with Gasteiger partial charge in [0, 0.05) is 23.7 Å². The summed E-state index contributed by atoms with van der Waals surface area (Å²) in [6.45, 7) is 0.248. The third-order valence-electron chi connectivity index (χ3n) is 3.85. The van der Waals surface area contributed by atoms with Gasteiger partial charge < -0.3 is 9.47 Å². The van der Waals surface area contributed by atoms with Gasteiger partial charge in [-0.15, -0.1) is 11.3 Å². The molecule has 0 amide bonds. The van der Waals surface area contributed by atoms with Crippen LogP contribution in [0.5, 0.6) is 11.5 Å². The minimum absolute atomic E-state index is 0.248. The maximum absolute atomic E-state index is 12.7. The second-order valence-electron chi connectivity index (χ2n) is 5.45. The minimum Gasteiger partial charge on any atom is -0.454 e. The molecule has 1 aromatic carbocycles. The minimum atomic E-state index is -3.53. The standard InChI is InChI=1S/C18H15NO4S2/c20-25(21,19-9-1-2-10-19)18-8-11-24-17(18)5-3-4-14-6-7-15-16(12-14)23-13-22-15/h1-4,6-12H,5,13H2/b4-3+. The Bertz CT molecular complexity index is 1020. The predicted octanol–water partition coefficient (Wildman–Crippen LogP) is 3.77. The van der Waals surface area contributed by atoms with Gasteiger partial charge in [-0.1, -0.05) is 18.2 Å². The van der Waals surface area contributed by atoms with Crippen molar-refractivity contribution >= 4 is 27.4 Å². The van der Waals surface area contributed by atoms with Gasteiger partial charge >= 0.3 is 0 Å². The van der Waals surface area contributed by atoms with Gasteiger partial charge in [0.15, 0.2) is 11.5 Å². The lowest BCUT2D eigenvalue weighted by molar-refractivity contribution is 0.174. The molecule has 25 heavy (non-hydrogen) atoms. The van der Waals surface area contributed by atoms with Crippen LogP contribution in [0.15, 0.2) is 65.1 Å². The van der Waals surface area contributed by atoms with Crippen LogP contribution in [-0.4, -0.2) is 19.2 Å². The van der Waals surface area contributed by atoms with Gasteiger partial charge in [0.1, 0.15) is 4.90 Å². The summed E-state index contributed by atoms with van der Waals surface area (Å²) in [7, 11) is -3.53. The molecular formula is C18H15NO4S2. The van der Waals surface area contributed by atoms with Gasteiger partial charge in [-0.2, -0.15) is 0 Å². The van der Waals surface area contributed by atoms with Crippen LogP contribution in [0.4, 0.5) is 0 Å². The predicted molar refractivity (Wildman–Crippen MR) is 96.6 cm³/mol. The van der Waals surface area contributed by atoms with Gasteiger partial charge in [-0.25, -0.2) is 12.4 Å². The number of allylic oxidation sites excluding steroid dienone is 1. The Morgan fingerprint density at radius 3 is 2.76 bits per heavy atom. The summed E-state index contributed by atoms with van der Waals surface area (Å²) in [5, 5.41) is 1.81. The molecule has 1 aliphatic heterocycles. The van der Waals surface area contributed by atoms with Crippen LogP contribution >= 0.6 is 11.3 Å². The van der Waals surface area contributed by atoms with Crippen molar-refractivity contribution in [2.24, 2.45) is 0 Å². The SMILES string of the molecule is O=S(=O)(c1ccsc1C/C=C/c1ccc2c(c1)OCO2)n1cccc1. The zero-order valence-electron chi connectivity index (χ0n) is 13.2. The average molecular weight is 373 g/mol. The third kappa shape index (κ3) is 3.08. The fourth-order valence-electron chi connectivity index (χ4n) is 2.62. The molecule has 4 rings (SSSR count). The molecule has 0 atom stereocenters. The molecule has 0 saturated carbocycles. The van der Waals surface area contributed by atoms with Crippen molar-refractivity contribution in [2.45, 2.75) is 11.3 Å². The van der Waals surface area contributed by atoms with E-state index in [1.807, 2.05) is 30.4 Å². The molecule has 5 nitrogen and oxygen atoms in total. The number of hydrogen-bond acceptors (Lipinski definition) is 5. The number of thiophene rings is 1. The van der Waals surface area contributed by atoms with E-state index in [4.69, 9.17) is 9.47 Å². The number of rotatable bonds is 5. The van der Waals surface area contributed by atoms with Crippen LogP contribution in [0, 0.1) is 0 Å². The fourth-order valence-corrected chi connectivity index (χ4v) is 5.21. The van der Waals surface area contributed by atoms with E-state index in [9.17, 15) is 8.42 Å². The molecule has 0 saturated heterocycles. The van der Waals surface area contributed by atoms with Gasteiger partial charge in [0.25, 0.3) is 10.0 Å². The number of hydrogen-bond donors (Lipinski definition) is 0. The molecule has 0 radical (unpaired) electrons. The lowest BCUT2D eigenvalue weighted by Gasteiger charge is -2.05. The van der Waals surface area contributed by atoms with E-state index in [0.29, 0.717) is 11.3 Å². The van der Waals surface area contributed by atoms with E-state index in [0.717, 1.165) is 21.9 Å². The number of aromatic nitrogens is 1. The molecule has 0 unspecified atom stereocenters. The van der Waals surface area contributed by atoms with Crippen molar-refractivity contribution in [1.29, 1.82) is 0 Å². The molecule has 0 bridgehead atoms. The fraction of sp³-hybridized carbons (Fsp3) is 0.111. The van der Waals surface area contributed by atoms with E-state index in [1.165, 1.54) is 15.3 Å². The highest BCUT2D eigenvalue weighted by Crippen LogP contribution is 2.33. The Labute approximate surface area is 149 Å². The van der Waals surface area contributed by atoms with Crippen molar-refractivity contribution in [2.75, 3.05) is 6.79 Å². The molecular weight excluding hydrogens is 358 g/mol. The molecule has 128 valence electrons. The van der Waals surface area contributed by atoms with Crippen LogP contribution in [0.3, 0.4) is 0 Å². The largest absolute Gasteiger partial charge is 0.454 e. The molecule has 3 heterocycles. The van der Waals surface area contributed by atoms with Crippen LogP contribution in [0.1, 0.15) is 10.4 Å². The van der Waals surface area contributed by atoms with E-state index in [2.05, 4.69) is 0 Å². The molecule has 3 aromatic rings. The Morgan fingerprint density at radius 2 is 1.92 bits per heavy atom. The van der Waals surface area contributed by atoms with E-state index in [1.54, 1.807) is 36.0 Å². The van der Waals surface area contributed by atoms with Crippen LogP contribution < -0.4 is 9.47 Å². The summed E-state index contributed by atoms with van der Waals surface area (Å²) < 4.78 is 37.2. The van der Waals surface area contributed by atoms with Crippen LogP contribution in [-0.2, 0) is 16.4 Å². The first-order chi connectivity index (χ1) is 12.1. The number of fused-ring (bicyclic) bond motifs is 1. The van der Waals surface area contributed by atoms with Gasteiger partial charge in [-0.3, -0.25) is 0 Å². The molecule has 0 fully saturated rings. The van der Waals surface area contributed by atoms with Crippen LogP contribution in [0.2, 0.25) is 0 Å². The lowest BCUT2D eigenvalue weighted by atomic mass is 10.1.